The number of amides is 1. The number of fused-ring (bicyclic) bond motifs is 1. The molecule has 2 aromatic carbocycles. The molecule has 8 nitrogen and oxygen atoms in total. The third-order valence-electron chi connectivity index (χ3n) is 4.52. The number of nitrogens with one attached hydrogen (secondary N) is 1. The lowest BCUT2D eigenvalue weighted by Gasteiger charge is -2.11. The lowest BCUT2D eigenvalue weighted by atomic mass is 10.1. The summed E-state index contributed by atoms with van der Waals surface area (Å²) < 4.78 is 15.1. The first kappa shape index (κ1) is 19.2. The monoisotopic (exact) mass is 405 g/mol. The molecule has 0 radical (unpaired) electrons. The molecule has 0 aliphatic rings. The maximum Gasteiger partial charge on any atom is 0.269 e. The number of hydrogen-bond donors (Lipinski definition) is 1. The van der Waals surface area contributed by atoms with E-state index in [1.165, 1.54) is 35.0 Å². The van der Waals surface area contributed by atoms with Crippen molar-refractivity contribution in [3.05, 3.63) is 87.5 Å². The van der Waals surface area contributed by atoms with Gasteiger partial charge < -0.3 is 5.32 Å². The van der Waals surface area contributed by atoms with Crippen molar-refractivity contribution in [2.24, 2.45) is 0 Å². The van der Waals surface area contributed by atoms with Crippen LogP contribution in [-0.4, -0.2) is 25.6 Å². The van der Waals surface area contributed by atoms with E-state index in [0.717, 1.165) is 0 Å². The van der Waals surface area contributed by atoms with Gasteiger partial charge >= 0.3 is 0 Å². The van der Waals surface area contributed by atoms with Gasteiger partial charge in [-0.3, -0.25) is 19.9 Å². The summed E-state index contributed by atoms with van der Waals surface area (Å²) in [6.45, 7) is 3.50. The molecule has 9 heteroatoms. The number of rotatable bonds is 4. The number of nitrogens with zero attached hydrogens (tertiary/aromatic N) is 4. The Labute approximate surface area is 170 Å². The van der Waals surface area contributed by atoms with Gasteiger partial charge in [0.05, 0.1) is 27.4 Å². The molecule has 0 saturated heterocycles. The van der Waals surface area contributed by atoms with Crippen LogP contribution in [0.5, 0.6) is 0 Å². The number of halogens is 1. The van der Waals surface area contributed by atoms with Crippen molar-refractivity contribution in [3.63, 3.8) is 0 Å². The smallest absolute Gasteiger partial charge is 0.269 e. The number of anilines is 1. The molecule has 1 N–H and O–H groups in total. The van der Waals surface area contributed by atoms with Crippen LogP contribution in [0.15, 0.2) is 54.6 Å². The Morgan fingerprint density at radius 3 is 2.50 bits per heavy atom. The maximum absolute atomic E-state index is 13.6. The highest BCUT2D eigenvalue weighted by Gasteiger charge is 2.17. The summed E-state index contributed by atoms with van der Waals surface area (Å²) in [5.74, 6) is -0.435. The first-order valence-corrected chi connectivity index (χ1v) is 9.01. The molecular formula is C21H16FN5O3. The van der Waals surface area contributed by atoms with E-state index < -0.39 is 16.6 Å². The quantitative estimate of drug-likeness (QED) is 0.402. The summed E-state index contributed by atoms with van der Waals surface area (Å²) in [7, 11) is 0. The second-order valence-corrected chi connectivity index (χ2v) is 6.78. The lowest BCUT2D eigenvalue weighted by Crippen LogP contribution is -2.16. The fourth-order valence-corrected chi connectivity index (χ4v) is 3.21. The minimum Gasteiger partial charge on any atom is -0.306 e. The average molecular weight is 405 g/mol. The second-order valence-electron chi connectivity index (χ2n) is 6.78. The average Bonchev–Trinajstić information content (AvgIpc) is 3.07. The Kier molecular flexibility index (Phi) is 4.71. The third kappa shape index (κ3) is 3.60. The number of nitro benzene ring substituents is 1. The molecule has 30 heavy (non-hydrogen) atoms. The van der Waals surface area contributed by atoms with Crippen LogP contribution in [0.25, 0.3) is 16.6 Å². The summed E-state index contributed by atoms with van der Waals surface area (Å²) in [6.07, 6.45) is 0. The lowest BCUT2D eigenvalue weighted by molar-refractivity contribution is -0.384. The van der Waals surface area contributed by atoms with Crippen molar-refractivity contribution in [2.75, 3.05) is 5.32 Å². The predicted molar refractivity (Wildman–Crippen MR) is 109 cm³/mol. The molecule has 0 aliphatic carbocycles. The van der Waals surface area contributed by atoms with Crippen LogP contribution in [0, 0.1) is 29.8 Å². The van der Waals surface area contributed by atoms with Gasteiger partial charge in [-0.1, -0.05) is 0 Å². The van der Waals surface area contributed by atoms with Crippen molar-refractivity contribution >= 4 is 28.3 Å². The van der Waals surface area contributed by atoms with Gasteiger partial charge in [-0.15, -0.1) is 0 Å². The molecule has 0 bridgehead atoms. The van der Waals surface area contributed by atoms with Crippen LogP contribution in [-0.2, 0) is 0 Å². The highest BCUT2D eigenvalue weighted by atomic mass is 19.1. The number of hydrogen-bond acceptors (Lipinski definition) is 5. The zero-order valence-electron chi connectivity index (χ0n) is 16.1. The van der Waals surface area contributed by atoms with E-state index >= 15 is 0 Å². The van der Waals surface area contributed by atoms with E-state index in [1.54, 1.807) is 38.1 Å². The van der Waals surface area contributed by atoms with Crippen molar-refractivity contribution < 1.29 is 14.1 Å². The highest BCUT2D eigenvalue weighted by molar-refractivity contribution is 6.12. The van der Waals surface area contributed by atoms with Crippen LogP contribution in [0.4, 0.5) is 15.9 Å². The van der Waals surface area contributed by atoms with Crippen LogP contribution in [0.1, 0.15) is 21.7 Å². The molecule has 2 aromatic heterocycles. The summed E-state index contributed by atoms with van der Waals surface area (Å²) in [4.78, 5) is 27.7. The van der Waals surface area contributed by atoms with E-state index in [2.05, 4.69) is 15.4 Å². The molecule has 0 spiro atoms. The number of pyridine rings is 1. The first-order chi connectivity index (χ1) is 14.3. The molecule has 1 amide bonds. The Morgan fingerprint density at radius 2 is 1.80 bits per heavy atom. The first-order valence-electron chi connectivity index (χ1n) is 9.01. The normalized spacial score (nSPS) is 10.9. The number of nitro groups is 1. The topological polar surface area (TPSA) is 103 Å². The molecule has 0 atom stereocenters. The summed E-state index contributed by atoms with van der Waals surface area (Å²) >= 11 is 0. The van der Waals surface area contributed by atoms with Gasteiger partial charge in [0.15, 0.2) is 0 Å². The number of carbonyl (C=O) groups excluding carboxylic acids is 1. The SMILES string of the molecule is Cc1cc(C(=O)Nc2cc(C)nn2-c2ccc([N+](=O)[O-])cc2)c2ccc(F)cc2n1. The number of benzene rings is 2. The van der Waals surface area contributed by atoms with Gasteiger partial charge in [-0.2, -0.15) is 5.10 Å². The third-order valence-corrected chi connectivity index (χ3v) is 4.52. The predicted octanol–water partition coefficient (Wildman–Crippen LogP) is 4.34. The molecule has 2 heterocycles. The van der Waals surface area contributed by atoms with Gasteiger partial charge in [0.1, 0.15) is 11.6 Å². The van der Waals surface area contributed by atoms with Gasteiger partial charge in [-0.05, 0) is 44.2 Å². The Bertz CT molecular complexity index is 1290. The fourth-order valence-electron chi connectivity index (χ4n) is 3.21. The van der Waals surface area contributed by atoms with Crippen molar-refractivity contribution in [1.29, 1.82) is 0 Å². The van der Waals surface area contributed by atoms with Crippen molar-refractivity contribution in [2.45, 2.75) is 13.8 Å². The van der Waals surface area contributed by atoms with E-state index in [-0.39, 0.29) is 5.69 Å². The number of aryl methyl sites for hydroxylation is 2. The minimum absolute atomic E-state index is 0.0424. The molecule has 0 unspecified atom stereocenters. The van der Waals surface area contributed by atoms with Crippen LogP contribution < -0.4 is 5.32 Å². The van der Waals surface area contributed by atoms with E-state index in [1.807, 2.05) is 0 Å². The van der Waals surface area contributed by atoms with Gasteiger partial charge in [0.25, 0.3) is 11.6 Å². The molecule has 0 fully saturated rings. The minimum atomic E-state index is -0.486. The van der Waals surface area contributed by atoms with Crippen LogP contribution in [0.3, 0.4) is 0 Å². The number of aromatic nitrogens is 3. The van der Waals surface area contributed by atoms with Gasteiger partial charge in [-0.25, -0.2) is 9.07 Å². The molecule has 150 valence electrons. The van der Waals surface area contributed by atoms with E-state index in [0.29, 0.717) is 39.4 Å². The Balaban J connectivity index is 1.71. The molecule has 4 rings (SSSR count). The summed E-state index contributed by atoms with van der Waals surface area (Å²) in [5, 5.41) is 18.6. The highest BCUT2D eigenvalue weighted by Crippen LogP contribution is 2.23. The fraction of sp³-hybridized carbons (Fsp3) is 0.0952. The Hall–Kier alpha value is -4.14. The van der Waals surface area contributed by atoms with Crippen LogP contribution in [0.2, 0.25) is 0 Å². The second kappa shape index (κ2) is 7.36. The molecule has 4 aromatic rings. The molecule has 0 saturated carbocycles. The number of carbonyl (C=O) groups is 1. The summed E-state index contributed by atoms with van der Waals surface area (Å²) in [5.41, 5.74) is 2.49. The van der Waals surface area contributed by atoms with E-state index in [9.17, 15) is 19.3 Å². The van der Waals surface area contributed by atoms with Crippen LogP contribution >= 0.6 is 0 Å². The Morgan fingerprint density at radius 1 is 1.07 bits per heavy atom. The molecular weight excluding hydrogens is 389 g/mol. The zero-order valence-corrected chi connectivity index (χ0v) is 16.1. The largest absolute Gasteiger partial charge is 0.306 e. The summed E-state index contributed by atoms with van der Waals surface area (Å²) in [6, 6.07) is 13.2. The number of non-ortho nitro benzene ring substituents is 1. The van der Waals surface area contributed by atoms with Crippen molar-refractivity contribution in [1.82, 2.24) is 14.8 Å². The standard InChI is InChI=1S/C21H16FN5O3/c1-12-9-18(17-8-3-14(22)11-19(17)23-12)21(28)24-20-10-13(2)25-26(20)15-4-6-16(7-5-15)27(29)30/h3-11H,1-2H3,(H,24,28). The van der Waals surface area contributed by atoms with E-state index in [4.69, 9.17) is 0 Å². The van der Waals surface area contributed by atoms with Gasteiger partial charge in [0, 0.05) is 35.3 Å². The zero-order chi connectivity index (χ0) is 21.4. The molecule has 0 aliphatic heterocycles. The van der Waals surface area contributed by atoms with Crippen molar-refractivity contribution in [3.8, 4) is 5.69 Å². The maximum atomic E-state index is 13.6. The van der Waals surface area contributed by atoms with Gasteiger partial charge in [0.2, 0.25) is 0 Å².